The average Bonchev–Trinajstić information content (AvgIpc) is 2.56. The number of halogens is 2. The molecular weight excluding hydrogens is 316 g/mol. The number of hydrogen-bond donors (Lipinski definition) is 1. The third-order valence-electron chi connectivity index (χ3n) is 4.48. The Morgan fingerprint density at radius 3 is 2.67 bits per heavy atom. The van der Waals surface area contributed by atoms with Crippen LogP contribution in [0.15, 0.2) is 18.2 Å². The molecule has 1 aliphatic rings. The van der Waals surface area contributed by atoms with E-state index in [-0.39, 0.29) is 18.4 Å². The number of rotatable bonds is 7. The largest absolute Gasteiger partial charge is 0.481 e. The normalized spacial score (nSPS) is 17.8. The number of aryl methyl sites for hydroxylation is 1. The van der Waals surface area contributed by atoms with Crippen LogP contribution in [-0.2, 0) is 16.0 Å². The number of carboxylic acids is 1. The number of nitrogens with zero attached hydrogens (tertiary/aromatic N) is 1. The average molecular weight is 339 g/mol. The van der Waals surface area contributed by atoms with E-state index in [0.29, 0.717) is 37.8 Å². The van der Waals surface area contributed by atoms with Crippen molar-refractivity contribution in [2.45, 2.75) is 57.4 Å². The molecule has 0 bridgehead atoms. The van der Waals surface area contributed by atoms with E-state index in [0.717, 1.165) is 31.4 Å². The van der Waals surface area contributed by atoms with Gasteiger partial charge in [0.25, 0.3) is 0 Å². The standard InChI is InChI=1S/C18H23F2NO3/c19-15-9-7-13(12-16(15)20)4-3-6-17(22)21-11-2-1-5-14(21)8-10-18(23)24/h7,9,12,14H,1-6,8,10-11H2,(H,23,24). The first-order chi connectivity index (χ1) is 11.5. The molecule has 1 aromatic carbocycles. The number of carboxylic acid groups (broad SMARTS) is 1. The lowest BCUT2D eigenvalue weighted by atomic mass is 9.97. The molecule has 4 nitrogen and oxygen atoms in total. The minimum atomic E-state index is -0.872. The number of piperidine rings is 1. The summed E-state index contributed by atoms with van der Waals surface area (Å²) in [5.41, 5.74) is 0.669. The molecule has 6 heteroatoms. The summed E-state index contributed by atoms with van der Waals surface area (Å²) < 4.78 is 26.0. The number of likely N-dealkylation sites (tertiary alicyclic amines) is 1. The second-order valence-corrected chi connectivity index (χ2v) is 6.27. The maximum atomic E-state index is 13.2. The van der Waals surface area contributed by atoms with Crippen LogP contribution < -0.4 is 0 Å². The van der Waals surface area contributed by atoms with Crippen LogP contribution >= 0.6 is 0 Å². The van der Waals surface area contributed by atoms with Crippen molar-refractivity contribution >= 4 is 11.9 Å². The topological polar surface area (TPSA) is 57.6 Å². The maximum Gasteiger partial charge on any atom is 0.303 e. The van der Waals surface area contributed by atoms with Gasteiger partial charge in [0.05, 0.1) is 0 Å². The van der Waals surface area contributed by atoms with E-state index in [9.17, 15) is 18.4 Å². The van der Waals surface area contributed by atoms with Crippen LogP contribution in [0.5, 0.6) is 0 Å². The van der Waals surface area contributed by atoms with Crippen molar-refractivity contribution < 1.29 is 23.5 Å². The van der Waals surface area contributed by atoms with Crippen molar-refractivity contribution in [3.63, 3.8) is 0 Å². The van der Waals surface area contributed by atoms with Crippen LogP contribution in [0.4, 0.5) is 8.78 Å². The van der Waals surface area contributed by atoms with Crippen molar-refractivity contribution in [3.8, 4) is 0 Å². The summed E-state index contributed by atoms with van der Waals surface area (Å²) >= 11 is 0. The van der Waals surface area contributed by atoms with Crippen LogP contribution in [0, 0.1) is 11.6 Å². The van der Waals surface area contributed by atoms with Gasteiger partial charge in [0.15, 0.2) is 11.6 Å². The van der Waals surface area contributed by atoms with Crippen LogP contribution in [0.25, 0.3) is 0 Å². The molecule has 1 saturated heterocycles. The number of carbonyl (C=O) groups is 2. The van der Waals surface area contributed by atoms with Gasteiger partial charge in [-0.05, 0) is 56.2 Å². The van der Waals surface area contributed by atoms with Crippen LogP contribution in [0.2, 0.25) is 0 Å². The number of benzene rings is 1. The Labute approximate surface area is 140 Å². The van der Waals surface area contributed by atoms with E-state index in [1.54, 1.807) is 4.90 Å². The molecule has 132 valence electrons. The molecular formula is C18H23F2NO3. The van der Waals surface area contributed by atoms with Gasteiger partial charge in [-0.15, -0.1) is 0 Å². The van der Waals surface area contributed by atoms with Crippen LogP contribution in [0.1, 0.15) is 50.5 Å². The summed E-state index contributed by atoms with van der Waals surface area (Å²) in [5.74, 6) is -2.56. The van der Waals surface area contributed by atoms with Crippen LogP contribution in [-0.4, -0.2) is 34.5 Å². The van der Waals surface area contributed by atoms with Crippen molar-refractivity contribution in [1.29, 1.82) is 0 Å². The van der Waals surface area contributed by atoms with Crippen LogP contribution in [0.3, 0.4) is 0 Å². The minimum absolute atomic E-state index is 0.00520. The fourth-order valence-electron chi connectivity index (χ4n) is 3.20. The van der Waals surface area contributed by atoms with E-state index >= 15 is 0 Å². The van der Waals surface area contributed by atoms with Crippen molar-refractivity contribution in [2.75, 3.05) is 6.54 Å². The molecule has 1 N–H and O–H groups in total. The predicted molar refractivity (Wildman–Crippen MR) is 85.5 cm³/mol. The Morgan fingerprint density at radius 2 is 1.96 bits per heavy atom. The maximum absolute atomic E-state index is 13.2. The second-order valence-electron chi connectivity index (χ2n) is 6.27. The molecule has 0 radical (unpaired) electrons. The van der Waals surface area contributed by atoms with Gasteiger partial charge in [0, 0.05) is 25.4 Å². The Morgan fingerprint density at radius 1 is 1.17 bits per heavy atom. The highest BCUT2D eigenvalue weighted by Gasteiger charge is 2.26. The number of hydrogen-bond acceptors (Lipinski definition) is 2. The smallest absolute Gasteiger partial charge is 0.303 e. The summed E-state index contributed by atoms with van der Waals surface area (Å²) in [5, 5.41) is 8.82. The van der Waals surface area contributed by atoms with Gasteiger partial charge in [-0.3, -0.25) is 9.59 Å². The first-order valence-corrected chi connectivity index (χ1v) is 8.42. The first-order valence-electron chi connectivity index (χ1n) is 8.42. The Bertz CT molecular complexity index is 592. The zero-order valence-corrected chi connectivity index (χ0v) is 13.6. The number of carbonyl (C=O) groups excluding carboxylic acids is 1. The summed E-state index contributed by atoms with van der Waals surface area (Å²) in [6, 6.07) is 3.79. The molecule has 1 amide bonds. The third kappa shape index (κ3) is 5.28. The summed E-state index contributed by atoms with van der Waals surface area (Å²) in [6.45, 7) is 0.675. The monoisotopic (exact) mass is 339 g/mol. The molecule has 0 saturated carbocycles. The van der Waals surface area contributed by atoms with Gasteiger partial charge in [0.2, 0.25) is 5.91 Å². The quantitative estimate of drug-likeness (QED) is 0.827. The van der Waals surface area contributed by atoms with Gasteiger partial charge in [-0.25, -0.2) is 8.78 Å². The molecule has 1 unspecified atom stereocenters. The molecule has 1 aromatic rings. The fraction of sp³-hybridized carbons (Fsp3) is 0.556. The van der Waals surface area contributed by atoms with E-state index in [4.69, 9.17) is 5.11 Å². The van der Waals surface area contributed by atoms with E-state index in [2.05, 4.69) is 0 Å². The number of aliphatic carboxylic acids is 1. The van der Waals surface area contributed by atoms with E-state index < -0.39 is 17.6 Å². The molecule has 1 heterocycles. The molecule has 1 fully saturated rings. The lowest BCUT2D eigenvalue weighted by Gasteiger charge is -2.35. The SMILES string of the molecule is O=C(O)CCC1CCCCN1C(=O)CCCc1ccc(F)c(F)c1. The molecule has 1 aliphatic heterocycles. The summed E-state index contributed by atoms with van der Waals surface area (Å²) in [4.78, 5) is 25.0. The van der Waals surface area contributed by atoms with Gasteiger partial charge in [-0.2, -0.15) is 0 Å². The molecule has 0 aliphatic carbocycles. The highest BCUT2D eigenvalue weighted by atomic mass is 19.2. The molecule has 0 spiro atoms. The van der Waals surface area contributed by atoms with Gasteiger partial charge in [0.1, 0.15) is 0 Å². The molecule has 2 rings (SSSR count). The van der Waals surface area contributed by atoms with E-state index in [1.807, 2.05) is 0 Å². The van der Waals surface area contributed by atoms with Crippen molar-refractivity contribution in [2.24, 2.45) is 0 Å². The molecule has 1 atom stereocenters. The van der Waals surface area contributed by atoms with Crippen molar-refractivity contribution in [1.82, 2.24) is 4.90 Å². The Kier molecular flexibility index (Phi) is 6.70. The molecule has 0 aromatic heterocycles. The Hall–Kier alpha value is -1.98. The number of amides is 1. The summed E-state index contributed by atoms with van der Waals surface area (Å²) in [7, 11) is 0. The Balaban J connectivity index is 1.83. The molecule has 24 heavy (non-hydrogen) atoms. The van der Waals surface area contributed by atoms with Crippen molar-refractivity contribution in [3.05, 3.63) is 35.4 Å². The van der Waals surface area contributed by atoms with E-state index in [1.165, 1.54) is 6.07 Å². The zero-order valence-electron chi connectivity index (χ0n) is 13.6. The highest BCUT2D eigenvalue weighted by molar-refractivity contribution is 5.76. The third-order valence-corrected chi connectivity index (χ3v) is 4.48. The first kappa shape index (κ1) is 18.4. The lowest BCUT2D eigenvalue weighted by Crippen LogP contribution is -2.43. The second kappa shape index (κ2) is 8.76. The minimum Gasteiger partial charge on any atom is -0.481 e. The summed E-state index contributed by atoms with van der Waals surface area (Å²) in [6.07, 6.45) is 4.78. The van der Waals surface area contributed by atoms with Gasteiger partial charge < -0.3 is 10.0 Å². The van der Waals surface area contributed by atoms with Gasteiger partial charge in [-0.1, -0.05) is 6.07 Å². The fourth-order valence-corrected chi connectivity index (χ4v) is 3.20. The lowest BCUT2D eigenvalue weighted by molar-refractivity contribution is -0.140. The highest BCUT2D eigenvalue weighted by Crippen LogP contribution is 2.22. The predicted octanol–water partition coefficient (Wildman–Crippen LogP) is 3.53. The van der Waals surface area contributed by atoms with Gasteiger partial charge >= 0.3 is 5.97 Å². The zero-order chi connectivity index (χ0) is 17.5.